The van der Waals surface area contributed by atoms with Crippen LogP contribution >= 0.6 is 23.2 Å². The Hall–Kier alpha value is -2.42. The van der Waals surface area contributed by atoms with Gasteiger partial charge >= 0.3 is 6.03 Å². The van der Waals surface area contributed by atoms with E-state index in [9.17, 15) is 4.79 Å². The molecule has 2 rings (SSSR count). The molecule has 0 fully saturated rings. The van der Waals surface area contributed by atoms with E-state index in [-0.39, 0.29) is 0 Å². The maximum Gasteiger partial charge on any atom is 0.337 e. The van der Waals surface area contributed by atoms with Crippen LogP contribution in [0.1, 0.15) is 5.56 Å². The highest BCUT2D eigenvalue weighted by Crippen LogP contribution is 2.25. The molecule has 2 aromatic rings. The van der Waals surface area contributed by atoms with E-state index in [2.05, 4.69) is 16.2 Å². The highest BCUT2D eigenvalue weighted by molar-refractivity contribution is 6.35. The minimum atomic E-state index is -0.512. The van der Waals surface area contributed by atoms with E-state index >= 15 is 0 Å². The molecular weight excluding hydrogens is 311 g/mol. The molecule has 3 N–H and O–H groups in total. The largest absolute Gasteiger partial charge is 0.337 e. The first-order valence-electron chi connectivity index (χ1n) is 5.87. The molecule has 0 unspecified atom stereocenters. The van der Waals surface area contributed by atoms with Gasteiger partial charge in [0.1, 0.15) is 0 Å². The van der Waals surface area contributed by atoms with E-state index in [1.807, 2.05) is 6.07 Å². The topological polar surface area (TPSA) is 77.0 Å². The average Bonchev–Trinajstić information content (AvgIpc) is 2.49. The number of hydrazine groups is 1. The standard InChI is InChI=1S/C14H10Cl2N4O/c15-10-4-5-12(16)13(7-10)18-14(21)20-19-11-3-1-2-9(6-11)8-17/h1-7,19H,(H2,18,20,21). The molecule has 0 radical (unpaired) electrons. The molecule has 0 aliphatic rings. The van der Waals surface area contributed by atoms with Crippen LogP contribution in [-0.2, 0) is 0 Å². The first-order valence-corrected chi connectivity index (χ1v) is 6.62. The molecule has 0 saturated carbocycles. The number of rotatable bonds is 3. The van der Waals surface area contributed by atoms with Gasteiger partial charge in [-0.25, -0.2) is 4.79 Å². The fourth-order valence-corrected chi connectivity index (χ4v) is 1.88. The zero-order valence-electron chi connectivity index (χ0n) is 10.7. The van der Waals surface area contributed by atoms with Crippen molar-refractivity contribution >= 4 is 40.6 Å². The van der Waals surface area contributed by atoms with Crippen molar-refractivity contribution in [3.05, 3.63) is 58.1 Å². The number of nitriles is 1. The van der Waals surface area contributed by atoms with E-state index in [1.165, 1.54) is 0 Å². The lowest BCUT2D eigenvalue weighted by Gasteiger charge is -2.11. The lowest BCUT2D eigenvalue weighted by Crippen LogP contribution is -2.33. The van der Waals surface area contributed by atoms with Gasteiger partial charge in [0.25, 0.3) is 0 Å². The average molecular weight is 321 g/mol. The SMILES string of the molecule is N#Cc1cccc(NNC(=O)Nc2cc(Cl)ccc2Cl)c1. The third-order valence-corrected chi connectivity index (χ3v) is 3.05. The summed E-state index contributed by atoms with van der Waals surface area (Å²) in [5.74, 6) is 0. The van der Waals surface area contributed by atoms with Crippen molar-refractivity contribution in [2.24, 2.45) is 0 Å². The lowest BCUT2D eigenvalue weighted by atomic mass is 10.2. The number of carbonyl (C=O) groups excluding carboxylic acids is 1. The number of hydrogen-bond acceptors (Lipinski definition) is 3. The maximum absolute atomic E-state index is 11.8. The van der Waals surface area contributed by atoms with Gasteiger partial charge in [-0.3, -0.25) is 10.9 Å². The van der Waals surface area contributed by atoms with Crippen LogP contribution < -0.4 is 16.2 Å². The van der Waals surface area contributed by atoms with Crippen molar-refractivity contribution in [1.29, 1.82) is 5.26 Å². The highest BCUT2D eigenvalue weighted by Gasteiger charge is 2.06. The Morgan fingerprint density at radius 3 is 2.71 bits per heavy atom. The zero-order chi connectivity index (χ0) is 15.2. The molecule has 7 heteroatoms. The summed E-state index contributed by atoms with van der Waals surface area (Å²) >= 11 is 11.8. The van der Waals surface area contributed by atoms with Crippen LogP contribution in [0.3, 0.4) is 0 Å². The van der Waals surface area contributed by atoms with E-state index in [0.717, 1.165) is 0 Å². The minimum absolute atomic E-state index is 0.376. The van der Waals surface area contributed by atoms with Gasteiger partial charge in [-0.15, -0.1) is 0 Å². The van der Waals surface area contributed by atoms with Crippen LogP contribution in [0.15, 0.2) is 42.5 Å². The van der Waals surface area contributed by atoms with E-state index in [4.69, 9.17) is 28.5 Å². The number of anilines is 2. The van der Waals surface area contributed by atoms with Gasteiger partial charge in [0.15, 0.2) is 0 Å². The summed E-state index contributed by atoms with van der Waals surface area (Å²) in [6.45, 7) is 0. The van der Waals surface area contributed by atoms with E-state index in [0.29, 0.717) is 27.0 Å². The van der Waals surface area contributed by atoms with Gasteiger partial charge in [-0.1, -0.05) is 29.3 Å². The summed E-state index contributed by atoms with van der Waals surface area (Å²) < 4.78 is 0. The van der Waals surface area contributed by atoms with E-state index < -0.39 is 6.03 Å². The Morgan fingerprint density at radius 2 is 1.95 bits per heavy atom. The van der Waals surface area contributed by atoms with Gasteiger partial charge in [-0.05, 0) is 36.4 Å². The molecule has 5 nitrogen and oxygen atoms in total. The second-order valence-corrected chi connectivity index (χ2v) is 4.86. The Balaban J connectivity index is 1.96. The summed E-state index contributed by atoms with van der Waals surface area (Å²) in [7, 11) is 0. The fraction of sp³-hybridized carbons (Fsp3) is 0. The summed E-state index contributed by atoms with van der Waals surface area (Å²) in [5.41, 5.74) is 6.59. The summed E-state index contributed by atoms with van der Waals surface area (Å²) in [5, 5.41) is 12.2. The Labute approximate surface area is 131 Å². The number of benzene rings is 2. The molecule has 0 saturated heterocycles. The number of halogens is 2. The van der Waals surface area contributed by atoms with Crippen molar-refractivity contribution in [3.63, 3.8) is 0 Å². The van der Waals surface area contributed by atoms with Gasteiger partial charge in [0.05, 0.1) is 28.0 Å². The van der Waals surface area contributed by atoms with Crippen molar-refractivity contribution in [2.45, 2.75) is 0 Å². The van der Waals surface area contributed by atoms with Crippen molar-refractivity contribution in [2.75, 3.05) is 10.7 Å². The minimum Gasteiger partial charge on any atom is -0.305 e. The smallest absolute Gasteiger partial charge is 0.305 e. The van der Waals surface area contributed by atoms with Crippen LogP contribution in [0.4, 0.5) is 16.2 Å². The molecular formula is C14H10Cl2N4O. The predicted molar refractivity (Wildman–Crippen MR) is 83.4 cm³/mol. The molecule has 0 spiro atoms. The van der Waals surface area contributed by atoms with Crippen molar-refractivity contribution in [1.82, 2.24) is 5.43 Å². The second kappa shape index (κ2) is 6.84. The first kappa shape index (κ1) is 15.0. The molecule has 0 atom stereocenters. The number of urea groups is 1. The van der Waals surface area contributed by atoms with Gasteiger partial charge in [-0.2, -0.15) is 5.26 Å². The quantitative estimate of drug-likeness (QED) is 0.747. The van der Waals surface area contributed by atoms with Gasteiger partial charge in [0.2, 0.25) is 0 Å². The molecule has 0 aromatic heterocycles. The molecule has 0 heterocycles. The van der Waals surface area contributed by atoms with Crippen molar-refractivity contribution < 1.29 is 4.79 Å². The van der Waals surface area contributed by atoms with Crippen LogP contribution in [-0.4, -0.2) is 6.03 Å². The molecule has 0 bridgehead atoms. The monoisotopic (exact) mass is 320 g/mol. The van der Waals surface area contributed by atoms with Crippen LogP contribution in [0.25, 0.3) is 0 Å². The van der Waals surface area contributed by atoms with Gasteiger partial charge in [0, 0.05) is 5.02 Å². The Morgan fingerprint density at radius 1 is 1.14 bits per heavy atom. The number of hydrogen-bond donors (Lipinski definition) is 3. The predicted octanol–water partition coefficient (Wildman–Crippen LogP) is 4.01. The normalized spacial score (nSPS) is 9.57. The van der Waals surface area contributed by atoms with Crippen LogP contribution in [0.2, 0.25) is 10.0 Å². The fourth-order valence-electron chi connectivity index (χ4n) is 1.54. The third-order valence-electron chi connectivity index (χ3n) is 2.49. The van der Waals surface area contributed by atoms with E-state index in [1.54, 1.807) is 42.5 Å². The number of amides is 2. The first-order chi connectivity index (χ1) is 10.1. The zero-order valence-corrected chi connectivity index (χ0v) is 12.2. The summed E-state index contributed by atoms with van der Waals surface area (Å²) in [4.78, 5) is 11.8. The van der Waals surface area contributed by atoms with Crippen molar-refractivity contribution in [3.8, 4) is 6.07 Å². The second-order valence-electron chi connectivity index (χ2n) is 4.02. The Kier molecular flexibility index (Phi) is 4.88. The van der Waals surface area contributed by atoms with Crippen LogP contribution in [0.5, 0.6) is 0 Å². The molecule has 106 valence electrons. The Bertz CT molecular complexity index is 712. The molecule has 0 aliphatic heterocycles. The molecule has 21 heavy (non-hydrogen) atoms. The summed E-state index contributed by atoms with van der Waals surface area (Å²) in [6.07, 6.45) is 0. The number of nitrogens with one attached hydrogen (secondary N) is 3. The lowest BCUT2D eigenvalue weighted by molar-refractivity contribution is 0.254. The number of nitrogens with zero attached hydrogens (tertiary/aromatic N) is 1. The number of carbonyl (C=O) groups is 1. The molecule has 2 amide bonds. The molecule has 2 aromatic carbocycles. The summed E-state index contributed by atoms with van der Waals surface area (Å²) in [6, 6.07) is 12.9. The third kappa shape index (κ3) is 4.28. The maximum atomic E-state index is 11.8. The molecule has 0 aliphatic carbocycles. The highest BCUT2D eigenvalue weighted by atomic mass is 35.5. The van der Waals surface area contributed by atoms with Gasteiger partial charge < -0.3 is 5.32 Å². The van der Waals surface area contributed by atoms with Crippen LogP contribution in [0, 0.1) is 11.3 Å².